The van der Waals surface area contributed by atoms with Crippen LogP contribution in [0.3, 0.4) is 0 Å². The summed E-state index contributed by atoms with van der Waals surface area (Å²) in [6.07, 6.45) is 0.837. The number of benzene rings is 2. The predicted molar refractivity (Wildman–Crippen MR) is 121 cm³/mol. The number of rotatable bonds is 8. The Balaban J connectivity index is 1.67. The first-order valence-electron chi connectivity index (χ1n) is 10.5. The fourth-order valence-electron chi connectivity index (χ4n) is 3.55. The summed E-state index contributed by atoms with van der Waals surface area (Å²) >= 11 is 0. The fourth-order valence-corrected chi connectivity index (χ4v) is 5.50. The lowest BCUT2D eigenvalue weighted by Gasteiger charge is -2.38. The van der Waals surface area contributed by atoms with Crippen LogP contribution < -0.4 is 10.1 Å². The minimum Gasteiger partial charge on any atom is -0.482 e. The van der Waals surface area contributed by atoms with E-state index in [1.807, 2.05) is 30.3 Å². The molecule has 2 aromatic carbocycles. The first-order valence-corrected chi connectivity index (χ1v) is 11.9. The Hall–Kier alpha value is -2.91. The van der Waals surface area contributed by atoms with Gasteiger partial charge in [0.15, 0.2) is 11.4 Å². The van der Waals surface area contributed by atoms with Crippen molar-refractivity contribution in [3.05, 3.63) is 60.2 Å². The molecule has 1 heterocycles. The average Bonchev–Trinajstić information content (AvgIpc) is 2.77. The maximum Gasteiger partial charge on any atom is 0.344 e. The van der Waals surface area contributed by atoms with Crippen LogP contribution in [0.25, 0.3) is 0 Å². The van der Waals surface area contributed by atoms with Crippen LogP contribution in [0.4, 0.5) is 5.69 Å². The molecule has 1 amide bonds. The average molecular weight is 461 g/mol. The molecule has 0 aliphatic carbocycles. The van der Waals surface area contributed by atoms with E-state index in [4.69, 9.17) is 9.47 Å². The molecular weight excluding hydrogens is 432 g/mol. The number of ether oxygens (including phenoxy) is 2. The highest BCUT2D eigenvalue weighted by atomic mass is 32.2. The van der Waals surface area contributed by atoms with E-state index in [0.29, 0.717) is 24.4 Å². The zero-order valence-corrected chi connectivity index (χ0v) is 19.1. The highest BCUT2D eigenvalue weighted by Gasteiger charge is 2.51. The van der Waals surface area contributed by atoms with Gasteiger partial charge in [0.2, 0.25) is 15.9 Å². The molecular formula is C23H28N2O6S. The van der Waals surface area contributed by atoms with Crippen LogP contribution >= 0.6 is 0 Å². The van der Waals surface area contributed by atoms with Gasteiger partial charge in [0.05, 0.1) is 6.61 Å². The summed E-state index contributed by atoms with van der Waals surface area (Å²) in [5.41, 5.74) is 1.31. The lowest BCUT2D eigenvalue weighted by molar-refractivity contribution is -0.145. The van der Waals surface area contributed by atoms with Gasteiger partial charge in [-0.1, -0.05) is 30.3 Å². The lowest BCUT2D eigenvalue weighted by Crippen LogP contribution is -2.56. The molecule has 1 atom stereocenters. The molecule has 172 valence electrons. The topological polar surface area (TPSA) is 102 Å². The molecule has 1 unspecified atom stereocenters. The normalized spacial score (nSPS) is 20.3. The minimum absolute atomic E-state index is 0.215. The van der Waals surface area contributed by atoms with Crippen molar-refractivity contribution in [2.45, 2.75) is 38.0 Å². The Bertz CT molecular complexity index is 1040. The number of hydrogen-bond acceptors (Lipinski definition) is 6. The predicted octanol–water partition coefficient (Wildman–Crippen LogP) is 2.95. The van der Waals surface area contributed by atoms with E-state index in [9.17, 15) is 18.0 Å². The van der Waals surface area contributed by atoms with E-state index in [0.717, 1.165) is 5.56 Å². The van der Waals surface area contributed by atoms with Crippen LogP contribution in [0.2, 0.25) is 0 Å². The highest BCUT2D eigenvalue weighted by Crippen LogP contribution is 2.34. The molecule has 2 aromatic rings. The number of nitrogens with one attached hydrogen (secondary N) is 1. The van der Waals surface area contributed by atoms with Crippen LogP contribution in [0.1, 0.15) is 32.3 Å². The Labute approximate surface area is 188 Å². The van der Waals surface area contributed by atoms with Gasteiger partial charge >= 0.3 is 5.97 Å². The van der Waals surface area contributed by atoms with Gasteiger partial charge in [-0.25, -0.2) is 13.2 Å². The number of esters is 1. The number of sulfonamides is 1. The molecule has 1 aliphatic rings. The maximum absolute atomic E-state index is 13.3. The zero-order valence-electron chi connectivity index (χ0n) is 18.2. The van der Waals surface area contributed by atoms with Crippen molar-refractivity contribution < 1.29 is 27.5 Å². The molecule has 0 radical (unpaired) electrons. The smallest absolute Gasteiger partial charge is 0.344 e. The molecule has 0 aromatic heterocycles. The van der Waals surface area contributed by atoms with Gasteiger partial charge in [0.25, 0.3) is 0 Å². The Morgan fingerprint density at radius 3 is 2.44 bits per heavy atom. The van der Waals surface area contributed by atoms with Crippen molar-refractivity contribution in [2.24, 2.45) is 0 Å². The summed E-state index contributed by atoms with van der Waals surface area (Å²) in [6.45, 7) is 3.87. The van der Waals surface area contributed by atoms with Crippen molar-refractivity contribution >= 4 is 27.6 Å². The molecule has 3 rings (SSSR count). The largest absolute Gasteiger partial charge is 0.482 e. The van der Waals surface area contributed by atoms with Gasteiger partial charge < -0.3 is 14.8 Å². The van der Waals surface area contributed by atoms with Crippen LogP contribution in [0, 0.1) is 0 Å². The summed E-state index contributed by atoms with van der Waals surface area (Å²) in [7, 11) is -3.87. The number of carbonyl (C=O) groups is 2. The van der Waals surface area contributed by atoms with Crippen molar-refractivity contribution in [2.75, 3.05) is 25.1 Å². The number of hydrogen-bond donors (Lipinski definition) is 1. The first kappa shape index (κ1) is 23.7. The zero-order chi connectivity index (χ0) is 23.2. The van der Waals surface area contributed by atoms with E-state index in [2.05, 4.69) is 5.32 Å². The molecule has 1 aliphatic heterocycles. The number of nitrogens with zero attached hydrogens (tertiary/aromatic N) is 1. The van der Waals surface area contributed by atoms with Gasteiger partial charge in [-0.15, -0.1) is 0 Å². The quantitative estimate of drug-likeness (QED) is 0.608. The third-order valence-electron chi connectivity index (χ3n) is 5.43. The fraction of sp³-hybridized carbons (Fsp3) is 0.391. The van der Waals surface area contributed by atoms with Gasteiger partial charge in [0.1, 0.15) is 5.75 Å². The van der Waals surface area contributed by atoms with Crippen molar-refractivity contribution in [1.29, 1.82) is 0 Å². The van der Waals surface area contributed by atoms with Gasteiger partial charge in [-0.05, 0) is 56.5 Å². The number of anilines is 1. The first-order chi connectivity index (χ1) is 15.3. The summed E-state index contributed by atoms with van der Waals surface area (Å²) in [4.78, 5) is 24.4. The molecule has 1 fully saturated rings. The van der Waals surface area contributed by atoms with E-state index >= 15 is 0 Å². The van der Waals surface area contributed by atoms with Crippen molar-refractivity contribution in [3.8, 4) is 5.75 Å². The lowest BCUT2D eigenvalue weighted by atomic mass is 10.0. The van der Waals surface area contributed by atoms with Crippen molar-refractivity contribution in [3.63, 3.8) is 0 Å². The van der Waals surface area contributed by atoms with E-state index in [-0.39, 0.29) is 26.2 Å². The molecule has 1 saturated heterocycles. The van der Waals surface area contributed by atoms with Gasteiger partial charge in [0, 0.05) is 18.8 Å². The summed E-state index contributed by atoms with van der Waals surface area (Å²) < 4.78 is 36.6. The van der Waals surface area contributed by atoms with Crippen LogP contribution in [-0.4, -0.2) is 49.1 Å². The van der Waals surface area contributed by atoms with E-state index in [1.165, 1.54) is 11.2 Å². The molecule has 8 nitrogen and oxygen atoms in total. The molecule has 0 bridgehead atoms. The van der Waals surface area contributed by atoms with Crippen LogP contribution in [0.15, 0.2) is 54.6 Å². The second-order valence-electron chi connectivity index (χ2n) is 7.73. The Morgan fingerprint density at radius 2 is 1.78 bits per heavy atom. The molecule has 0 spiro atoms. The third kappa shape index (κ3) is 5.28. The standard InChI is InChI=1S/C23H28N2O6S/c1-3-30-21(26)17-31-20-12-10-19(11-13-20)24-22(27)23(2)14-7-15-25(32(23,28)29)16-18-8-5-4-6-9-18/h4-6,8-13H,3,7,14-17H2,1-2H3,(H,24,27). The third-order valence-corrected chi connectivity index (χ3v) is 7.95. The Kier molecular flexibility index (Phi) is 7.52. The SMILES string of the molecule is CCOC(=O)COc1ccc(NC(=O)C2(C)CCCN(Cc3ccccc3)S2(=O)=O)cc1. The maximum atomic E-state index is 13.3. The highest BCUT2D eigenvalue weighted by molar-refractivity contribution is 7.91. The van der Waals surface area contributed by atoms with E-state index in [1.54, 1.807) is 31.2 Å². The van der Waals surface area contributed by atoms with Crippen LogP contribution in [0.5, 0.6) is 5.75 Å². The molecule has 1 N–H and O–H groups in total. The monoisotopic (exact) mass is 460 g/mol. The summed E-state index contributed by atoms with van der Waals surface area (Å²) in [6, 6.07) is 15.7. The van der Waals surface area contributed by atoms with Crippen molar-refractivity contribution in [1.82, 2.24) is 4.31 Å². The number of carbonyl (C=O) groups excluding carboxylic acids is 2. The molecule has 32 heavy (non-hydrogen) atoms. The van der Waals surface area contributed by atoms with Gasteiger partial charge in [-0.3, -0.25) is 4.79 Å². The molecule has 0 saturated carbocycles. The van der Waals surface area contributed by atoms with E-state index < -0.39 is 26.6 Å². The minimum atomic E-state index is -3.87. The molecule has 9 heteroatoms. The number of amides is 1. The van der Waals surface area contributed by atoms with Gasteiger partial charge in [-0.2, -0.15) is 4.31 Å². The summed E-state index contributed by atoms with van der Waals surface area (Å²) in [5, 5.41) is 2.71. The second kappa shape index (κ2) is 10.1. The second-order valence-corrected chi connectivity index (χ2v) is 10.1. The van der Waals surface area contributed by atoms with Crippen LogP contribution in [-0.2, 0) is 30.9 Å². The summed E-state index contributed by atoms with van der Waals surface area (Å²) in [5.74, 6) is -0.614. The Morgan fingerprint density at radius 1 is 1.09 bits per heavy atom.